The molecule has 3 rings (SSSR count). The number of amides is 1. The molecule has 170 valence electrons. The Bertz CT molecular complexity index is 1030. The Morgan fingerprint density at radius 2 is 1.84 bits per heavy atom. The number of nitrogens with one attached hydrogen (secondary N) is 2. The molecule has 2 aromatic rings. The van der Waals surface area contributed by atoms with Gasteiger partial charge in [0, 0.05) is 10.4 Å². The number of aryl methyl sites for hydroxylation is 1. The van der Waals surface area contributed by atoms with Gasteiger partial charge in [-0.1, -0.05) is 24.6 Å². The fraction of sp³-hybridized carbons (Fsp3) is 0.409. The summed E-state index contributed by atoms with van der Waals surface area (Å²) in [5, 5.41) is 13.6. The molecule has 10 heteroatoms. The van der Waals surface area contributed by atoms with E-state index in [0.717, 1.165) is 35.5 Å². The van der Waals surface area contributed by atoms with Crippen molar-refractivity contribution in [2.24, 2.45) is 0 Å². The molecule has 0 saturated carbocycles. The zero-order chi connectivity index (χ0) is 23.4. The molecular formula is C22H22F3N3O3S. The van der Waals surface area contributed by atoms with Crippen molar-refractivity contribution in [1.82, 2.24) is 5.32 Å². The highest BCUT2D eigenvalue weighted by atomic mass is 32.1. The van der Waals surface area contributed by atoms with Crippen LogP contribution in [0, 0.1) is 11.3 Å². The normalized spacial score (nSPS) is 15.5. The van der Waals surface area contributed by atoms with Crippen LogP contribution < -0.4 is 10.6 Å². The van der Waals surface area contributed by atoms with Gasteiger partial charge in [-0.3, -0.25) is 4.79 Å². The summed E-state index contributed by atoms with van der Waals surface area (Å²) in [7, 11) is 0. The Labute approximate surface area is 187 Å². The molecule has 2 N–H and O–H groups in total. The van der Waals surface area contributed by atoms with Crippen LogP contribution in [0.4, 0.5) is 18.2 Å². The van der Waals surface area contributed by atoms with Crippen LogP contribution in [-0.4, -0.2) is 30.3 Å². The molecule has 1 aliphatic carbocycles. The highest BCUT2D eigenvalue weighted by Gasteiger charge is 2.64. The van der Waals surface area contributed by atoms with Crippen LogP contribution in [0.5, 0.6) is 0 Å². The van der Waals surface area contributed by atoms with Crippen molar-refractivity contribution in [1.29, 1.82) is 5.26 Å². The van der Waals surface area contributed by atoms with E-state index in [1.165, 1.54) is 31.2 Å². The van der Waals surface area contributed by atoms with E-state index in [1.54, 1.807) is 6.07 Å². The number of carbonyl (C=O) groups is 2. The van der Waals surface area contributed by atoms with Crippen molar-refractivity contribution < 1.29 is 27.5 Å². The minimum atomic E-state index is -5.27. The maximum absolute atomic E-state index is 14.4. The van der Waals surface area contributed by atoms with Gasteiger partial charge in [0.05, 0.1) is 12.2 Å². The van der Waals surface area contributed by atoms with Crippen LogP contribution in [0.15, 0.2) is 30.3 Å². The second-order valence-electron chi connectivity index (χ2n) is 7.29. The Morgan fingerprint density at radius 1 is 1.16 bits per heavy atom. The van der Waals surface area contributed by atoms with Gasteiger partial charge in [-0.2, -0.15) is 18.4 Å². The molecule has 6 nitrogen and oxygen atoms in total. The van der Waals surface area contributed by atoms with Crippen LogP contribution in [0.3, 0.4) is 0 Å². The molecule has 1 aromatic carbocycles. The highest BCUT2D eigenvalue weighted by molar-refractivity contribution is 7.16. The van der Waals surface area contributed by atoms with Crippen LogP contribution in [0.1, 0.15) is 52.5 Å². The van der Waals surface area contributed by atoms with E-state index in [1.807, 2.05) is 11.4 Å². The number of rotatable bonds is 6. The second kappa shape index (κ2) is 9.61. The minimum Gasteiger partial charge on any atom is -0.463 e. The number of fused-ring (bicyclic) bond motifs is 1. The first-order valence-electron chi connectivity index (χ1n) is 10.2. The quantitative estimate of drug-likeness (QED) is 0.371. The van der Waals surface area contributed by atoms with E-state index in [9.17, 15) is 28.0 Å². The standard InChI is InChI=1S/C22H22F3N3O3S/c1-2-31-20(30)21(22(23,24)25,27-18(29)14-9-5-3-6-10-14)28-19-16(13-26)15-11-7-4-8-12-17(15)32-19/h3,5-6,9-10,28H,2,4,7-8,11-12H2,1H3,(H,27,29)/t21-/m1/s1. The third-order valence-electron chi connectivity index (χ3n) is 5.18. The molecule has 0 radical (unpaired) electrons. The van der Waals surface area contributed by atoms with E-state index < -0.39 is 23.7 Å². The lowest BCUT2D eigenvalue weighted by Crippen LogP contribution is -2.69. The number of benzene rings is 1. The molecule has 1 aromatic heterocycles. The fourth-order valence-corrected chi connectivity index (χ4v) is 4.88. The van der Waals surface area contributed by atoms with Crippen LogP contribution in [0.25, 0.3) is 0 Å². The lowest BCUT2D eigenvalue weighted by atomic mass is 10.0. The summed E-state index contributed by atoms with van der Waals surface area (Å²) in [4.78, 5) is 26.2. The van der Waals surface area contributed by atoms with Gasteiger partial charge in [0.2, 0.25) is 0 Å². The van der Waals surface area contributed by atoms with Crippen molar-refractivity contribution in [3.8, 4) is 6.07 Å². The van der Waals surface area contributed by atoms with Crippen molar-refractivity contribution in [2.75, 3.05) is 11.9 Å². The van der Waals surface area contributed by atoms with Gasteiger partial charge in [0.15, 0.2) is 0 Å². The van der Waals surface area contributed by atoms with E-state index in [-0.39, 0.29) is 22.7 Å². The summed E-state index contributed by atoms with van der Waals surface area (Å²) in [6, 6.07) is 9.23. The summed E-state index contributed by atoms with van der Waals surface area (Å²) in [5.41, 5.74) is -2.86. The summed E-state index contributed by atoms with van der Waals surface area (Å²) < 4.78 is 48.0. The average molecular weight is 465 g/mol. The second-order valence-corrected chi connectivity index (χ2v) is 8.40. The maximum Gasteiger partial charge on any atom is 0.441 e. The zero-order valence-electron chi connectivity index (χ0n) is 17.3. The summed E-state index contributed by atoms with van der Waals surface area (Å²) >= 11 is 1.01. The Morgan fingerprint density at radius 3 is 2.47 bits per heavy atom. The Hall–Kier alpha value is -3.06. The minimum absolute atomic E-state index is 0.0605. The number of anilines is 1. The number of halogens is 3. The summed E-state index contributed by atoms with van der Waals surface area (Å²) in [6.45, 7) is 1.04. The van der Waals surface area contributed by atoms with E-state index in [0.29, 0.717) is 18.4 Å². The van der Waals surface area contributed by atoms with Crippen molar-refractivity contribution in [3.05, 3.63) is 51.9 Å². The van der Waals surface area contributed by atoms with Gasteiger partial charge in [0.1, 0.15) is 11.1 Å². The molecule has 1 atom stereocenters. The molecule has 0 aliphatic heterocycles. The maximum atomic E-state index is 14.4. The van der Waals surface area contributed by atoms with Crippen LogP contribution in [0.2, 0.25) is 0 Å². The summed E-state index contributed by atoms with van der Waals surface area (Å²) in [6.07, 6.45) is -1.39. The summed E-state index contributed by atoms with van der Waals surface area (Å²) in [5.74, 6) is -2.82. The number of thiophene rings is 1. The van der Waals surface area contributed by atoms with Gasteiger partial charge in [-0.05, 0) is 50.3 Å². The number of esters is 1. The number of nitrogens with zero attached hydrogens (tertiary/aromatic N) is 1. The van der Waals surface area contributed by atoms with Crippen molar-refractivity contribution in [3.63, 3.8) is 0 Å². The Balaban J connectivity index is 2.09. The SMILES string of the molecule is CCOC(=O)[C@@](NC(=O)c1ccccc1)(Nc1sc2c(c1C#N)CCCCC2)C(F)(F)F. The van der Waals surface area contributed by atoms with E-state index in [2.05, 4.69) is 5.32 Å². The fourth-order valence-electron chi connectivity index (χ4n) is 3.58. The lowest BCUT2D eigenvalue weighted by Gasteiger charge is -2.35. The zero-order valence-corrected chi connectivity index (χ0v) is 18.2. The van der Waals surface area contributed by atoms with Crippen molar-refractivity contribution >= 4 is 28.2 Å². The molecule has 0 saturated heterocycles. The number of hydrogen-bond donors (Lipinski definition) is 2. The van der Waals surface area contributed by atoms with Gasteiger partial charge in [-0.25, -0.2) is 4.79 Å². The molecule has 0 bridgehead atoms. The molecule has 1 aliphatic rings. The molecule has 0 fully saturated rings. The predicted octanol–water partition coefficient (Wildman–Crippen LogP) is 4.55. The molecule has 32 heavy (non-hydrogen) atoms. The average Bonchev–Trinajstić information content (AvgIpc) is 2.91. The van der Waals surface area contributed by atoms with Gasteiger partial charge >= 0.3 is 17.8 Å². The molecule has 0 unspecified atom stereocenters. The third-order valence-corrected chi connectivity index (χ3v) is 6.39. The molecule has 1 heterocycles. The van der Waals surface area contributed by atoms with E-state index in [4.69, 9.17) is 4.74 Å². The molecule has 0 spiro atoms. The number of carbonyl (C=O) groups excluding carboxylic acids is 2. The van der Waals surface area contributed by atoms with Crippen LogP contribution in [-0.2, 0) is 22.4 Å². The molecular weight excluding hydrogens is 443 g/mol. The highest BCUT2D eigenvalue weighted by Crippen LogP contribution is 2.41. The van der Waals surface area contributed by atoms with Gasteiger partial charge in [0.25, 0.3) is 5.91 Å². The molecule has 1 amide bonds. The smallest absolute Gasteiger partial charge is 0.441 e. The van der Waals surface area contributed by atoms with Crippen LogP contribution >= 0.6 is 11.3 Å². The number of alkyl halides is 3. The predicted molar refractivity (Wildman–Crippen MR) is 113 cm³/mol. The first-order chi connectivity index (χ1) is 15.2. The number of hydrogen-bond acceptors (Lipinski definition) is 6. The number of ether oxygens (including phenoxy) is 1. The largest absolute Gasteiger partial charge is 0.463 e. The number of nitriles is 1. The first kappa shape index (κ1) is 23.6. The topological polar surface area (TPSA) is 91.2 Å². The van der Waals surface area contributed by atoms with E-state index >= 15 is 0 Å². The van der Waals surface area contributed by atoms with Crippen molar-refractivity contribution in [2.45, 2.75) is 50.9 Å². The van der Waals surface area contributed by atoms with Gasteiger partial charge in [-0.15, -0.1) is 11.3 Å². The Kier molecular flexibility index (Phi) is 7.09. The monoisotopic (exact) mass is 465 g/mol. The third kappa shape index (κ3) is 4.58. The lowest BCUT2D eigenvalue weighted by molar-refractivity contribution is -0.204. The van der Waals surface area contributed by atoms with Gasteiger partial charge < -0.3 is 15.4 Å². The first-order valence-corrected chi connectivity index (χ1v) is 11.0.